The Hall–Kier alpha value is -1.57. The Labute approximate surface area is 162 Å². The number of hydrogen-bond acceptors (Lipinski definition) is 5. The molecule has 0 spiro atoms. The summed E-state index contributed by atoms with van der Waals surface area (Å²) in [6, 6.07) is 8.78. The molecule has 2 aromatic rings. The maximum Gasteiger partial charge on any atom is 0.261 e. The van der Waals surface area contributed by atoms with E-state index in [1.165, 1.54) is 0 Å². The molecule has 1 aromatic carbocycles. The summed E-state index contributed by atoms with van der Waals surface area (Å²) in [6.45, 7) is 2.13. The average Bonchev–Trinajstić information content (AvgIpc) is 3.22. The second kappa shape index (κ2) is 7.98. The van der Waals surface area contributed by atoms with Crippen molar-refractivity contribution in [2.75, 3.05) is 18.1 Å². The van der Waals surface area contributed by atoms with Crippen molar-refractivity contribution in [2.24, 2.45) is 0 Å². The van der Waals surface area contributed by atoms with Gasteiger partial charge in [-0.15, -0.1) is 11.3 Å². The second-order valence-corrected chi connectivity index (χ2v) is 10.0. The zero-order chi connectivity index (χ0) is 18.7. The van der Waals surface area contributed by atoms with Gasteiger partial charge in [0.05, 0.1) is 18.1 Å². The van der Waals surface area contributed by atoms with Crippen LogP contribution in [0.25, 0.3) is 0 Å². The number of carbonyl (C=O) groups is 1. The van der Waals surface area contributed by atoms with E-state index in [1.54, 1.807) is 34.4 Å². The van der Waals surface area contributed by atoms with E-state index < -0.39 is 9.84 Å². The minimum atomic E-state index is -3.08. The lowest BCUT2D eigenvalue weighted by Gasteiger charge is -2.28. The number of rotatable bonds is 6. The van der Waals surface area contributed by atoms with E-state index >= 15 is 0 Å². The van der Waals surface area contributed by atoms with Crippen molar-refractivity contribution in [3.8, 4) is 5.75 Å². The molecule has 8 heteroatoms. The van der Waals surface area contributed by atoms with Gasteiger partial charge in [-0.25, -0.2) is 8.42 Å². The number of benzene rings is 1. The lowest BCUT2D eigenvalue weighted by Crippen LogP contribution is -2.42. The van der Waals surface area contributed by atoms with Crippen LogP contribution in [-0.4, -0.2) is 43.4 Å². The molecular weight excluding hydrogens is 394 g/mol. The number of aryl methyl sites for hydroxylation is 1. The van der Waals surface area contributed by atoms with Gasteiger partial charge in [-0.05, 0) is 48.6 Å². The van der Waals surface area contributed by atoms with Gasteiger partial charge < -0.3 is 9.64 Å². The highest BCUT2D eigenvalue weighted by molar-refractivity contribution is 7.91. The lowest BCUT2D eigenvalue weighted by atomic mass is 10.2. The van der Waals surface area contributed by atoms with E-state index in [4.69, 9.17) is 16.3 Å². The van der Waals surface area contributed by atoms with Crippen molar-refractivity contribution in [1.29, 1.82) is 0 Å². The predicted octanol–water partition coefficient (Wildman–Crippen LogP) is 3.30. The maximum absolute atomic E-state index is 12.8. The minimum absolute atomic E-state index is 0.0180. The predicted molar refractivity (Wildman–Crippen MR) is 104 cm³/mol. The Morgan fingerprint density at radius 3 is 2.81 bits per heavy atom. The lowest BCUT2D eigenvalue weighted by molar-refractivity contribution is -0.135. The number of thiophene rings is 1. The van der Waals surface area contributed by atoms with Crippen LogP contribution in [-0.2, 0) is 21.2 Å². The van der Waals surface area contributed by atoms with Gasteiger partial charge in [-0.1, -0.05) is 17.7 Å². The fraction of sp³-hybridized carbons (Fsp3) is 0.389. The SMILES string of the molecule is Cc1cc(OCC(=O)N(Cc2cccs2)[C@@H]2CCS(=O)(=O)C2)ccc1Cl. The molecule has 1 aliphatic heterocycles. The zero-order valence-electron chi connectivity index (χ0n) is 14.4. The standard InChI is InChI=1S/C18H20ClNO4S2/c1-13-9-15(4-5-17(13)19)24-11-18(21)20(10-16-3-2-7-25-16)14-6-8-26(22,23)12-14/h2-5,7,9,14H,6,8,10-12H2,1H3/t14-/m1/s1. The number of carbonyl (C=O) groups excluding carboxylic acids is 1. The molecule has 0 N–H and O–H groups in total. The summed E-state index contributed by atoms with van der Waals surface area (Å²) in [6.07, 6.45) is 0.472. The molecule has 1 aromatic heterocycles. The fourth-order valence-electron chi connectivity index (χ4n) is 2.95. The van der Waals surface area contributed by atoms with Gasteiger partial charge in [-0.3, -0.25) is 4.79 Å². The van der Waals surface area contributed by atoms with Crippen LogP contribution >= 0.6 is 22.9 Å². The van der Waals surface area contributed by atoms with Crippen LogP contribution in [0.1, 0.15) is 16.9 Å². The van der Waals surface area contributed by atoms with E-state index in [9.17, 15) is 13.2 Å². The third kappa shape index (κ3) is 4.78. The van der Waals surface area contributed by atoms with E-state index in [-0.39, 0.29) is 30.1 Å². The number of sulfone groups is 1. The molecule has 140 valence electrons. The van der Waals surface area contributed by atoms with Crippen LogP contribution in [0.2, 0.25) is 5.02 Å². The smallest absolute Gasteiger partial charge is 0.261 e. The molecule has 1 amide bonds. The molecule has 2 heterocycles. The highest BCUT2D eigenvalue weighted by Gasteiger charge is 2.34. The summed E-state index contributed by atoms with van der Waals surface area (Å²) in [5.41, 5.74) is 0.869. The van der Waals surface area contributed by atoms with Crippen LogP contribution in [0.3, 0.4) is 0 Å². The first kappa shape index (κ1) is 19.2. The Morgan fingerprint density at radius 1 is 1.38 bits per heavy atom. The van der Waals surface area contributed by atoms with Crippen molar-refractivity contribution in [3.05, 3.63) is 51.2 Å². The van der Waals surface area contributed by atoms with Gasteiger partial charge in [-0.2, -0.15) is 0 Å². The van der Waals surface area contributed by atoms with Gasteiger partial charge in [0.1, 0.15) is 5.75 Å². The third-order valence-electron chi connectivity index (χ3n) is 4.37. The van der Waals surface area contributed by atoms with E-state index in [0.29, 0.717) is 23.7 Å². The molecule has 0 bridgehead atoms. The summed E-state index contributed by atoms with van der Waals surface area (Å²) < 4.78 is 29.3. The monoisotopic (exact) mass is 413 g/mol. The van der Waals surface area contributed by atoms with Gasteiger partial charge in [0, 0.05) is 15.9 Å². The van der Waals surface area contributed by atoms with Gasteiger partial charge in [0.2, 0.25) is 0 Å². The molecule has 1 saturated heterocycles. The first-order valence-electron chi connectivity index (χ1n) is 8.25. The van der Waals surface area contributed by atoms with Gasteiger partial charge in [0.25, 0.3) is 5.91 Å². The molecule has 1 fully saturated rings. The summed E-state index contributed by atoms with van der Waals surface area (Å²) in [5.74, 6) is 0.497. The van der Waals surface area contributed by atoms with E-state index in [2.05, 4.69) is 0 Å². The highest BCUT2D eigenvalue weighted by atomic mass is 35.5. The summed E-state index contributed by atoms with van der Waals surface area (Å²) in [7, 11) is -3.08. The largest absolute Gasteiger partial charge is 0.484 e. The highest BCUT2D eigenvalue weighted by Crippen LogP contribution is 2.24. The molecular formula is C18H20ClNO4S2. The van der Waals surface area contributed by atoms with Crippen molar-refractivity contribution < 1.29 is 17.9 Å². The topological polar surface area (TPSA) is 63.7 Å². The maximum atomic E-state index is 12.8. The quantitative estimate of drug-likeness (QED) is 0.728. The van der Waals surface area contributed by atoms with Crippen LogP contribution in [0, 0.1) is 6.92 Å². The Kier molecular flexibility index (Phi) is 5.89. The normalized spacial score (nSPS) is 18.6. The summed E-state index contributed by atoms with van der Waals surface area (Å²) in [4.78, 5) is 15.4. The summed E-state index contributed by atoms with van der Waals surface area (Å²) in [5, 5.41) is 2.58. The second-order valence-electron chi connectivity index (χ2n) is 6.36. The Morgan fingerprint density at radius 2 is 2.19 bits per heavy atom. The number of ether oxygens (including phenoxy) is 1. The fourth-order valence-corrected chi connectivity index (χ4v) is 5.50. The molecule has 26 heavy (non-hydrogen) atoms. The molecule has 5 nitrogen and oxygen atoms in total. The third-order valence-corrected chi connectivity index (χ3v) is 7.40. The van der Waals surface area contributed by atoms with Crippen LogP contribution in [0.15, 0.2) is 35.7 Å². The number of hydrogen-bond donors (Lipinski definition) is 0. The van der Waals surface area contributed by atoms with Crippen molar-refractivity contribution in [2.45, 2.75) is 25.9 Å². The van der Waals surface area contributed by atoms with Crippen LogP contribution in [0.4, 0.5) is 0 Å². The molecule has 3 rings (SSSR count). The molecule has 1 aliphatic rings. The molecule has 0 radical (unpaired) electrons. The van der Waals surface area contributed by atoms with Crippen molar-refractivity contribution in [1.82, 2.24) is 4.90 Å². The number of amides is 1. The van der Waals surface area contributed by atoms with Gasteiger partial charge >= 0.3 is 0 Å². The Bertz CT molecular complexity index is 881. The van der Waals surface area contributed by atoms with Crippen molar-refractivity contribution in [3.63, 3.8) is 0 Å². The first-order chi connectivity index (χ1) is 12.3. The number of nitrogens with zero attached hydrogens (tertiary/aromatic N) is 1. The zero-order valence-corrected chi connectivity index (χ0v) is 16.7. The van der Waals surface area contributed by atoms with Crippen LogP contribution < -0.4 is 4.74 Å². The van der Waals surface area contributed by atoms with Gasteiger partial charge in [0.15, 0.2) is 16.4 Å². The minimum Gasteiger partial charge on any atom is -0.484 e. The Balaban J connectivity index is 1.70. The molecule has 0 saturated carbocycles. The molecule has 0 aliphatic carbocycles. The van der Waals surface area contributed by atoms with E-state index in [1.807, 2.05) is 24.4 Å². The average molecular weight is 414 g/mol. The molecule has 0 unspecified atom stereocenters. The first-order valence-corrected chi connectivity index (χ1v) is 11.3. The van der Waals surface area contributed by atoms with Crippen molar-refractivity contribution >= 4 is 38.7 Å². The van der Waals surface area contributed by atoms with Crippen LogP contribution in [0.5, 0.6) is 5.75 Å². The summed E-state index contributed by atoms with van der Waals surface area (Å²) >= 11 is 7.55. The molecule has 1 atom stereocenters. The van der Waals surface area contributed by atoms with E-state index in [0.717, 1.165) is 10.4 Å². The number of halogens is 1.